The maximum atomic E-state index is 13.9. The van der Waals surface area contributed by atoms with E-state index in [1.807, 2.05) is 0 Å². The third-order valence-electron chi connectivity index (χ3n) is 6.04. The van der Waals surface area contributed by atoms with Gasteiger partial charge < -0.3 is 19.9 Å². The molecule has 0 bridgehead atoms. The lowest BCUT2D eigenvalue weighted by Gasteiger charge is -2.38. The summed E-state index contributed by atoms with van der Waals surface area (Å²) in [5.41, 5.74) is 2.36. The van der Waals surface area contributed by atoms with E-state index in [0.29, 0.717) is 13.0 Å². The summed E-state index contributed by atoms with van der Waals surface area (Å²) in [4.78, 5) is 0. The van der Waals surface area contributed by atoms with Gasteiger partial charge in [0.15, 0.2) is 11.6 Å². The molecule has 2 N–H and O–H groups in total. The lowest BCUT2D eigenvalue weighted by Crippen LogP contribution is -2.50. The summed E-state index contributed by atoms with van der Waals surface area (Å²) >= 11 is 0. The zero-order valence-electron chi connectivity index (χ0n) is 18.2. The molecular formula is C26H26F3NO3. The topological polar surface area (TPSA) is 50.7 Å². The Kier molecular flexibility index (Phi) is 7.33. The Bertz CT molecular complexity index is 1010. The first-order valence-electron chi connectivity index (χ1n) is 10.8. The Morgan fingerprint density at radius 1 is 0.970 bits per heavy atom. The van der Waals surface area contributed by atoms with Gasteiger partial charge in [-0.1, -0.05) is 30.3 Å². The molecule has 4 rings (SSSR count). The number of hydrogen-bond acceptors (Lipinski definition) is 4. The molecule has 1 heterocycles. The van der Waals surface area contributed by atoms with Gasteiger partial charge in [-0.2, -0.15) is 0 Å². The van der Waals surface area contributed by atoms with Crippen molar-refractivity contribution in [1.82, 2.24) is 5.32 Å². The van der Waals surface area contributed by atoms with Crippen LogP contribution >= 0.6 is 0 Å². The quantitative estimate of drug-likeness (QED) is 0.547. The summed E-state index contributed by atoms with van der Waals surface area (Å²) < 4.78 is 52.0. The monoisotopic (exact) mass is 457 g/mol. The van der Waals surface area contributed by atoms with Gasteiger partial charge in [0.2, 0.25) is 0 Å². The second-order valence-electron chi connectivity index (χ2n) is 8.21. The number of nitrogens with one attached hydrogen (secondary N) is 1. The zero-order chi connectivity index (χ0) is 23.4. The third kappa shape index (κ3) is 5.55. The van der Waals surface area contributed by atoms with E-state index in [4.69, 9.17) is 9.47 Å². The molecule has 4 nitrogen and oxygen atoms in total. The number of rotatable bonds is 7. The fourth-order valence-electron chi connectivity index (χ4n) is 4.27. The first-order chi connectivity index (χ1) is 15.9. The number of aliphatic hydroxyl groups excluding tert-OH is 1. The van der Waals surface area contributed by atoms with Gasteiger partial charge in [0.25, 0.3) is 0 Å². The largest absolute Gasteiger partial charge is 0.494 e. The van der Waals surface area contributed by atoms with Crippen molar-refractivity contribution >= 4 is 0 Å². The minimum atomic E-state index is -0.713. The molecule has 7 heteroatoms. The van der Waals surface area contributed by atoms with E-state index in [1.165, 1.54) is 37.4 Å². The standard InChI is InChI=1S/C26H26F3NO3/c1-32-24-11-2-16(12-21(24)29)14-30-22-15-33-25(13-23(22)31)26(17-3-7-19(27)8-4-17)18-5-9-20(28)10-6-18/h2-12,22-23,25-26,30-31H,13-15H2,1H3. The van der Waals surface area contributed by atoms with Crippen LogP contribution in [0.3, 0.4) is 0 Å². The normalized spacial score (nSPS) is 20.7. The average molecular weight is 457 g/mol. The summed E-state index contributed by atoms with van der Waals surface area (Å²) in [5.74, 6) is -1.26. The zero-order valence-corrected chi connectivity index (χ0v) is 18.2. The summed E-state index contributed by atoms with van der Waals surface area (Å²) in [6.45, 7) is 0.597. The van der Waals surface area contributed by atoms with Crippen LogP contribution in [0.2, 0.25) is 0 Å². The second-order valence-corrected chi connectivity index (χ2v) is 8.21. The van der Waals surface area contributed by atoms with Gasteiger partial charge in [-0.25, -0.2) is 13.2 Å². The highest BCUT2D eigenvalue weighted by Crippen LogP contribution is 2.35. The number of halogens is 3. The summed E-state index contributed by atoms with van der Waals surface area (Å²) in [5, 5.41) is 14.1. The van der Waals surface area contributed by atoms with Crippen molar-refractivity contribution in [2.75, 3.05) is 13.7 Å². The van der Waals surface area contributed by atoms with Crippen molar-refractivity contribution < 1.29 is 27.8 Å². The third-order valence-corrected chi connectivity index (χ3v) is 6.04. The Morgan fingerprint density at radius 3 is 2.09 bits per heavy atom. The molecule has 0 saturated carbocycles. The van der Waals surface area contributed by atoms with Crippen LogP contribution in [0.25, 0.3) is 0 Å². The Balaban J connectivity index is 1.46. The Labute approximate surface area is 191 Å². The second kappa shape index (κ2) is 10.4. The molecule has 1 fully saturated rings. The number of ether oxygens (including phenoxy) is 2. The minimum absolute atomic E-state index is 0.176. The molecule has 3 atom stereocenters. The Morgan fingerprint density at radius 2 is 1.58 bits per heavy atom. The van der Waals surface area contributed by atoms with E-state index in [-0.39, 0.29) is 42.1 Å². The molecule has 1 aliphatic rings. The fourth-order valence-corrected chi connectivity index (χ4v) is 4.27. The smallest absolute Gasteiger partial charge is 0.165 e. The lowest BCUT2D eigenvalue weighted by molar-refractivity contribution is -0.0718. The van der Waals surface area contributed by atoms with Gasteiger partial charge in [-0.15, -0.1) is 0 Å². The summed E-state index contributed by atoms with van der Waals surface area (Å²) in [7, 11) is 1.41. The van der Waals surface area contributed by atoms with Crippen molar-refractivity contribution in [2.45, 2.75) is 37.1 Å². The number of hydrogen-bond donors (Lipinski definition) is 2. The molecule has 33 heavy (non-hydrogen) atoms. The van der Waals surface area contributed by atoms with E-state index in [9.17, 15) is 18.3 Å². The molecule has 0 amide bonds. The predicted molar refractivity (Wildman–Crippen MR) is 119 cm³/mol. The first-order valence-corrected chi connectivity index (χ1v) is 10.8. The number of benzene rings is 3. The number of aliphatic hydroxyl groups is 1. The van der Waals surface area contributed by atoms with Crippen molar-refractivity contribution in [1.29, 1.82) is 0 Å². The molecular weight excluding hydrogens is 431 g/mol. The molecule has 3 aromatic carbocycles. The molecule has 1 aliphatic heterocycles. The highest BCUT2D eigenvalue weighted by molar-refractivity contribution is 5.35. The molecule has 0 aliphatic carbocycles. The van der Waals surface area contributed by atoms with Gasteiger partial charge in [-0.3, -0.25) is 0 Å². The Hall–Kier alpha value is -2.87. The van der Waals surface area contributed by atoms with Crippen molar-refractivity contribution in [3.63, 3.8) is 0 Å². The number of methoxy groups -OCH3 is 1. The maximum Gasteiger partial charge on any atom is 0.165 e. The van der Waals surface area contributed by atoms with Crippen molar-refractivity contribution in [3.8, 4) is 5.75 Å². The van der Waals surface area contributed by atoms with Crippen LogP contribution in [0.4, 0.5) is 13.2 Å². The van der Waals surface area contributed by atoms with Crippen LogP contribution in [-0.4, -0.2) is 37.1 Å². The average Bonchev–Trinajstić information content (AvgIpc) is 2.81. The van der Waals surface area contributed by atoms with Crippen LogP contribution in [0.1, 0.15) is 29.0 Å². The highest BCUT2D eigenvalue weighted by Gasteiger charge is 2.35. The summed E-state index contributed by atoms with van der Waals surface area (Å²) in [6, 6.07) is 16.6. The van der Waals surface area contributed by atoms with E-state index < -0.39 is 11.9 Å². The molecule has 3 unspecified atom stereocenters. The molecule has 0 aromatic heterocycles. The molecule has 0 radical (unpaired) electrons. The van der Waals surface area contributed by atoms with Gasteiger partial charge in [0, 0.05) is 18.9 Å². The summed E-state index contributed by atoms with van der Waals surface area (Å²) in [6.07, 6.45) is -0.767. The van der Waals surface area contributed by atoms with Crippen molar-refractivity contribution in [2.24, 2.45) is 0 Å². The molecule has 3 aromatic rings. The van der Waals surface area contributed by atoms with E-state index in [0.717, 1.165) is 16.7 Å². The van der Waals surface area contributed by atoms with Crippen LogP contribution in [0.5, 0.6) is 5.75 Å². The molecule has 1 saturated heterocycles. The fraction of sp³-hybridized carbons (Fsp3) is 0.308. The van der Waals surface area contributed by atoms with E-state index in [1.54, 1.807) is 36.4 Å². The van der Waals surface area contributed by atoms with E-state index >= 15 is 0 Å². The van der Waals surface area contributed by atoms with Gasteiger partial charge in [0.1, 0.15) is 11.6 Å². The van der Waals surface area contributed by atoms with Gasteiger partial charge >= 0.3 is 0 Å². The lowest BCUT2D eigenvalue weighted by atomic mass is 9.82. The molecule has 0 spiro atoms. The molecule has 174 valence electrons. The first kappa shape index (κ1) is 23.3. The van der Waals surface area contributed by atoms with Crippen molar-refractivity contribution in [3.05, 3.63) is 101 Å². The van der Waals surface area contributed by atoms with Gasteiger partial charge in [-0.05, 0) is 53.1 Å². The highest BCUT2D eigenvalue weighted by atomic mass is 19.1. The SMILES string of the molecule is COc1ccc(CNC2COC(C(c3ccc(F)cc3)c3ccc(F)cc3)CC2O)cc1F. The van der Waals surface area contributed by atoms with Crippen LogP contribution in [0, 0.1) is 17.5 Å². The van der Waals surface area contributed by atoms with Gasteiger partial charge in [0.05, 0.1) is 32.0 Å². The predicted octanol–water partition coefficient (Wildman–Crippen LogP) is 4.55. The minimum Gasteiger partial charge on any atom is -0.494 e. The van der Waals surface area contributed by atoms with E-state index in [2.05, 4.69) is 5.32 Å². The maximum absolute atomic E-state index is 13.9. The van der Waals surface area contributed by atoms with Crippen LogP contribution < -0.4 is 10.1 Å². The van der Waals surface area contributed by atoms with Crippen LogP contribution in [-0.2, 0) is 11.3 Å². The van der Waals surface area contributed by atoms with Crippen LogP contribution in [0.15, 0.2) is 66.7 Å².